The number of nitrogens with zero attached hydrogens (tertiary/aromatic N) is 4. The van der Waals surface area contributed by atoms with Crippen LogP contribution in [0.25, 0.3) is 11.0 Å². The summed E-state index contributed by atoms with van der Waals surface area (Å²) in [5, 5.41) is 34.8. The second-order valence-electron chi connectivity index (χ2n) is 6.24. The quantitative estimate of drug-likeness (QED) is 0.495. The zero-order valence-electron chi connectivity index (χ0n) is 13.8. The number of aliphatic hydroxyl groups excluding tert-OH is 3. The molecule has 1 aromatic carbocycles. The molecule has 4 rings (SSSR count). The third kappa shape index (κ3) is 2.71. The van der Waals surface area contributed by atoms with Crippen LogP contribution in [0.15, 0.2) is 36.7 Å². The van der Waals surface area contributed by atoms with E-state index in [1.807, 2.05) is 30.3 Å². The topological polar surface area (TPSA) is 140 Å². The second kappa shape index (κ2) is 6.61. The highest BCUT2D eigenvalue weighted by Gasteiger charge is 2.44. The number of hydrogen-bond acceptors (Lipinski definition) is 8. The average Bonchev–Trinajstić information content (AvgIpc) is 3.15. The number of fused-ring (bicyclic) bond motifs is 1. The Balaban J connectivity index is 1.80. The summed E-state index contributed by atoms with van der Waals surface area (Å²) in [6, 6.07) is 9.73. The summed E-state index contributed by atoms with van der Waals surface area (Å²) in [7, 11) is 0. The highest BCUT2D eigenvalue weighted by molar-refractivity contribution is 5.88. The maximum atomic E-state index is 10.3. The Labute approximate surface area is 148 Å². The minimum absolute atomic E-state index is 0.277. The van der Waals surface area contributed by atoms with Crippen LogP contribution in [-0.2, 0) is 11.2 Å². The van der Waals surface area contributed by atoms with Crippen LogP contribution >= 0.6 is 0 Å². The van der Waals surface area contributed by atoms with Gasteiger partial charge in [0, 0.05) is 6.42 Å². The van der Waals surface area contributed by atoms with Crippen molar-refractivity contribution in [1.82, 2.24) is 19.7 Å². The van der Waals surface area contributed by atoms with Gasteiger partial charge in [0.2, 0.25) is 0 Å². The van der Waals surface area contributed by atoms with Crippen LogP contribution in [0.2, 0.25) is 0 Å². The van der Waals surface area contributed by atoms with E-state index < -0.39 is 31.1 Å². The summed E-state index contributed by atoms with van der Waals surface area (Å²) < 4.78 is 6.98. The van der Waals surface area contributed by atoms with E-state index in [1.54, 1.807) is 0 Å². The Hall–Kier alpha value is -2.59. The van der Waals surface area contributed by atoms with Crippen LogP contribution in [0.5, 0.6) is 0 Å². The van der Waals surface area contributed by atoms with Crippen molar-refractivity contribution in [3.63, 3.8) is 0 Å². The second-order valence-corrected chi connectivity index (χ2v) is 6.24. The minimum atomic E-state index is -1.25. The lowest BCUT2D eigenvalue weighted by molar-refractivity contribution is -0.0568. The van der Waals surface area contributed by atoms with Crippen LogP contribution in [0.3, 0.4) is 0 Å². The molecule has 1 fully saturated rings. The van der Waals surface area contributed by atoms with E-state index in [0.717, 1.165) is 5.56 Å². The van der Waals surface area contributed by atoms with Crippen molar-refractivity contribution in [2.45, 2.75) is 31.0 Å². The van der Waals surface area contributed by atoms with Crippen LogP contribution in [-0.4, -0.2) is 60.0 Å². The van der Waals surface area contributed by atoms with Crippen molar-refractivity contribution in [3.8, 4) is 0 Å². The van der Waals surface area contributed by atoms with Gasteiger partial charge in [0.25, 0.3) is 0 Å². The van der Waals surface area contributed by atoms with Crippen molar-refractivity contribution >= 4 is 16.9 Å². The lowest BCUT2D eigenvalue weighted by Crippen LogP contribution is -2.33. The summed E-state index contributed by atoms with van der Waals surface area (Å²) in [5.41, 5.74) is 8.11. The van der Waals surface area contributed by atoms with Crippen molar-refractivity contribution in [3.05, 3.63) is 47.9 Å². The lowest BCUT2D eigenvalue weighted by atomic mass is 10.1. The fourth-order valence-corrected chi connectivity index (χ4v) is 3.24. The fraction of sp³-hybridized carbons (Fsp3) is 0.353. The van der Waals surface area contributed by atoms with Gasteiger partial charge in [-0.2, -0.15) is 5.10 Å². The van der Waals surface area contributed by atoms with Gasteiger partial charge in [0.1, 0.15) is 30.5 Å². The highest BCUT2D eigenvalue weighted by Crippen LogP contribution is 2.33. The molecule has 0 spiro atoms. The summed E-state index contributed by atoms with van der Waals surface area (Å²) in [6.07, 6.45) is -2.55. The standard InChI is InChI=1S/C17H19N5O4/c18-15-12-10(6-9-4-2-1-3-5-9)21-22(16(12)20-8-19-15)17-14(25)13(24)11(7-23)26-17/h1-5,8,11,13-14,17,23-25H,6-7H2,(H2,18,19,20)/t11-,13+,14?,17-/m1/s1. The molecule has 1 unspecified atom stereocenters. The van der Waals surface area contributed by atoms with E-state index >= 15 is 0 Å². The molecule has 26 heavy (non-hydrogen) atoms. The predicted octanol–water partition coefficient (Wildman–Crippen LogP) is -0.389. The molecule has 1 aliphatic heterocycles. The molecule has 9 heteroatoms. The van der Waals surface area contributed by atoms with E-state index in [2.05, 4.69) is 15.1 Å². The number of rotatable bonds is 4. The molecule has 9 nitrogen and oxygen atoms in total. The van der Waals surface area contributed by atoms with Gasteiger partial charge in [0.15, 0.2) is 11.9 Å². The maximum Gasteiger partial charge on any atom is 0.181 e. The number of benzene rings is 1. The first-order valence-electron chi connectivity index (χ1n) is 8.24. The molecule has 0 amide bonds. The summed E-state index contributed by atoms with van der Waals surface area (Å²) in [4.78, 5) is 8.27. The Morgan fingerprint density at radius 2 is 1.88 bits per heavy atom. The van der Waals surface area contributed by atoms with Gasteiger partial charge in [-0.05, 0) is 5.56 Å². The molecule has 4 atom stereocenters. The van der Waals surface area contributed by atoms with Gasteiger partial charge in [-0.1, -0.05) is 30.3 Å². The highest BCUT2D eigenvalue weighted by atomic mass is 16.6. The predicted molar refractivity (Wildman–Crippen MR) is 92.0 cm³/mol. The fourth-order valence-electron chi connectivity index (χ4n) is 3.24. The molecular weight excluding hydrogens is 338 g/mol. The smallest absolute Gasteiger partial charge is 0.181 e. The van der Waals surface area contributed by atoms with Crippen LogP contribution < -0.4 is 5.73 Å². The Morgan fingerprint density at radius 3 is 2.58 bits per heavy atom. The van der Waals surface area contributed by atoms with E-state index in [0.29, 0.717) is 23.1 Å². The molecule has 3 aromatic rings. The van der Waals surface area contributed by atoms with Crippen LogP contribution in [0.4, 0.5) is 5.82 Å². The first-order valence-corrected chi connectivity index (χ1v) is 8.24. The van der Waals surface area contributed by atoms with Crippen molar-refractivity contribution in [1.29, 1.82) is 0 Å². The minimum Gasteiger partial charge on any atom is -0.394 e. The van der Waals surface area contributed by atoms with Gasteiger partial charge in [-0.3, -0.25) is 0 Å². The lowest BCUT2D eigenvalue weighted by Gasteiger charge is -2.15. The number of hydrogen-bond donors (Lipinski definition) is 4. The van der Waals surface area contributed by atoms with Crippen molar-refractivity contribution < 1.29 is 20.1 Å². The molecule has 0 aliphatic carbocycles. The third-order valence-corrected chi connectivity index (χ3v) is 4.56. The van der Waals surface area contributed by atoms with Crippen molar-refractivity contribution in [2.75, 3.05) is 12.3 Å². The molecule has 2 aromatic heterocycles. The SMILES string of the molecule is Nc1ncnc2c1c(Cc1ccccc1)nn2[C@@H]1O[C@H](CO)[C@H](O)C1O. The van der Waals surface area contributed by atoms with Gasteiger partial charge >= 0.3 is 0 Å². The zero-order chi connectivity index (χ0) is 18.3. The van der Waals surface area contributed by atoms with Gasteiger partial charge in [-0.25, -0.2) is 14.6 Å². The molecule has 1 aliphatic rings. The first kappa shape index (κ1) is 16.9. The number of nitrogens with two attached hydrogens (primary N) is 1. The van der Waals surface area contributed by atoms with Crippen LogP contribution in [0, 0.1) is 0 Å². The van der Waals surface area contributed by atoms with E-state index in [-0.39, 0.29) is 5.82 Å². The molecule has 5 N–H and O–H groups in total. The molecular formula is C17H19N5O4. The summed E-state index contributed by atoms with van der Waals surface area (Å²) in [5.74, 6) is 0.277. The van der Waals surface area contributed by atoms with E-state index in [9.17, 15) is 15.3 Å². The van der Waals surface area contributed by atoms with Crippen LogP contribution in [0.1, 0.15) is 17.5 Å². The number of aromatic nitrogens is 4. The molecule has 0 saturated carbocycles. The molecule has 0 radical (unpaired) electrons. The number of ether oxygens (including phenoxy) is 1. The third-order valence-electron chi connectivity index (χ3n) is 4.56. The number of anilines is 1. The van der Waals surface area contributed by atoms with Gasteiger partial charge in [-0.15, -0.1) is 0 Å². The van der Waals surface area contributed by atoms with Gasteiger partial charge < -0.3 is 25.8 Å². The van der Waals surface area contributed by atoms with E-state index in [4.69, 9.17) is 10.5 Å². The average molecular weight is 357 g/mol. The Morgan fingerprint density at radius 1 is 1.12 bits per heavy atom. The molecule has 0 bridgehead atoms. The molecule has 3 heterocycles. The number of nitrogen functional groups attached to an aromatic ring is 1. The number of aliphatic hydroxyl groups is 3. The van der Waals surface area contributed by atoms with E-state index in [1.165, 1.54) is 11.0 Å². The Kier molecular flexibility index (Phi) is 4.29. The molecule has 1 saturated heterocycles. The first-order chi connectivity index (χ1) is 12.6. The summed E-state index contributed by atoms with van der Waals surface area (Å²) >= 11 is 0. The normalized spacial score (nSPS) is 25.8. The largest absolute Gasteiger partial charge is 0.394 e. The maximum absolute atomic E-state index is 10.3. The zero-order valence-corrected chi connectivity index (χ0v) is 13.8. The Bertz CT molecular complexity index is 916. The van der Waals surface area contributed by atoms with Gasteiger partial charge in [0.05, 0.1) is 17.7 Å². The van der Waals surface area contributed by atoms with Crippen molar-refractivity contribution in [2.24, 2.45) is 0 Å². The monoisotopic (exact) mass is 357 g/mol. The molecule has 136 valence electrons. The summed E-state index contributed by atoms with van der Waals surface area (Å²) in [6.45, 7) is -0.415.